The van der Waals surface area contributed by atoms with E-state index in [1.165, 1.54) is 11.3 Å². The van der Waals surface area contributed by atoms with Gasteiger partial charge in [0.25, 0.3) is 0 Å². The predicted octanol–water partition coefficient (Wildman–Crippen LogP) is 2.03. The summed E-state index contributed by atoms with van der Waals surface area (Å²) in [6, 6.07) is 8.39. The predicted molar refractivity (Wildman–Crippen MR) is 57.6 cm³/mol. The van der Waals surface area contributed by atoms with Crippen molar-refractivity contribution in [3.8, 4) is 0 Å². The van der Waals surface area contributed by atoms with E-state index in [0.29, 0.717) is 0 Å². The minimum Gasteiger partial charge on any atom is -0.398 e. The second-order valence-corrected chi connectivity index (χ2v) is 3.38. The number of nitrogens with zero attached hydrogens (tertiary/aromatic N) is 2. The van der Waals surface area contributed by atoms with E-state index in [0.717, 1.165) is 18.7 Å². The van der Waals surface area contributed by atoms with Gasteiger partial charge in [0.1, 0.15) is 12.9 Å². The van der Waals surface area contributed by atoms with Crippen molar-refractivity contribution in [3.05, 3.63) is 29.8 Å². The maximum atomic E-state index is 4.81. The first kappa shape index (κ1) is 9.06. The van der Waals surface area contributed by atoms with Crippen molar-refractivity contribution in [1.82, 2.24) is 0 Å². The molecule has 0 N–H and O–H groups in total. The lowest BCUT2D eigenvalue weighted by Gasteiger charge is -2.27. The van der Waals surface area contributed by atoms with Crippen LogP contribution in [0.5, 0.6) is 0 Å². The molecule has 1 aromatic rings. The van der Waals surface area contributed by atoms with E-state index in [4.69, 9.17) is 4.84 Å². The van der Waals surface area contributed by atoms with E-state index in [9.17, 15) is 0 Å². The Kier molecular flexibility index (Phi) is 2.39. The normalized spacial score (nSPS) is 18.1. The third-order valence-electron chi connectivity index (χ3n) is 2.55. The smallest absolute Gasteiger partial charge is 0.148 e. The molecule has 3 nitrogen and oxygen atoms in total. The van der Waals surface area contributed by atoms with Gasteiger partial charge in [-0.15, -0.1) is 0 Å². The number of benzene rings is 1. The molecule has 0 bridgehead atoms. The second kappa shape index (κ2) is 3.70. The third kappa shape index (κ3) is 1.45. The van der Waals surface area contributed by atoms with Crippen LogP contribution < -0.4 is 4.90 Å². The Hall–Kier alpha value is -1.51. The number of hydrogen-bond acceptors (Lipinski definition) is 2. The summed E-state index contributed by atoms with van der Waals surface area (Å²) in [5.74, 6) is 0.992. The molecule has 0 unspecified atom stereocenters. The van der Waals surface area contributed by atoms with E-state index in [2.05, 4.69) is 28.3 Å². The number of anilines is 1. The fraction of sp³-hybridized carbons (Fsp3) is 0.364. The van der Waals surface area contributed by atoms with Gasteiger partial charge in [0, 0.05) is 19.2 Å². The van der Waals surface area contributed by atoms with E-state index in [1.807, 2.05) is 13.1 Å². The largest absolute Gasteiger partial charge is 0.398 e. The fourth-order valence-corrected chi connectivity index (χ4v) is 1.81. The number of fused-ring (bicyclic) bond motifs is 1. The monoisotopic (exact) mass is 190 g/mol. The molecule has 1 aliphatic rings. The van der Waals surface area contributed by atoms with Crippen molar-refractivity contribution in [3.63, 3.8) is 0 Å². The number of para-hydroxylation sites is 1. The number of oxime groups is 1. The topological polar surface area (TPSA) is 24.8 Å². The Morgan fingerprint density at radius 2 is 2.07 bits per heavy atom. The molecule has 3 heteroatoms. The number of aryl methyl sites for hydroxylation is 1. The Morgan fingerprint density at radius 3 is 2.86 bits per heavy atom. The number of hydrogen-bond donors (Lipinski definition) is 0. The van der Waals surface area contributed by atoms with Crippen molar-refractivity contribution in [2.24, 2.45) is 5.16 Å². The Bertz CT molecular complexity index is 360. The summed E-state index contributed by atoms with van der Waals surface area (Å²) < 4.78 is 0. The lowest BCUT2D eigenvalue weighted by Crippen LogP contribution is -2.31. The maximum absolute atomic E-state index is 4.81. The van der Waals surface area contributed by atoms with Gasteiger partial charge >= 0.3 is 0 Å². The molecule has 0 spiro atoms. The van der Waals surface area contributed by atoms with Crippen LogP contribution >= 0.6 is 0 Å². The highest BCUT2D eigenvalue weighted by Gasteiger charge is 2.18. The quantitative estimate of drug-likeness (QED) is 0.633. The van der Waals surface area contributed by atoms with Crippen LogP contribution in [-0.2, 0) is 11.3 Å². The van der Waals surface area contributed by atoms with Crippen molar-refractivity contribution in [1.29, 1.82) is 0 Å². The van der Waals surface area contributed by atoms with E-state index < -0.39 is 0 Å². The molecular weight excluding hydrogens is 176 g/mol. The van der Waals surface area contributed by atoms with E-state index >= 15 is 0 Å². The van der Waals surface area contributed by atoms with Gasteiger partial charge in [-0.25, -0.2) is 0 Å². The maximum Gasteiger partial charge on any atom is 0.148 e. The molecule has 1 aromatic carbocycles. The van der Waals surface area contributed by atoms with Crippen LogP contribution in [0.4, 0.5) is 5.69 Å². The lowest BCUT2D eigenvalue weighted by molar-refractivity contribution is 0.211. The number of amidine groups is 1. The Balaban J connectivity index is 2.36. The standard InChI is InChI=1S/C11H14N2O/c1-13-10-6-4-3-5-9(10)7-8-11(13)12-14-2/h3-6H,7-8H2,1-2H3. The summed E-state index contributed by atoms with van der Waals surface area (Å²) >= 11 is 0. The molecule has 0 aliphatic carbocycles. The van der Waals surface area contributed by atoms with Crippen LogP contribution in [0.3, 0.4) is 0 Å². The zero-order valence-electron chi connectivity index (χ0n) is 8.53. The average molecular weight is 190 g/mol. The first-order valence-corrected chi connectivity index (χ1v) is 4.74. The zero-order valence-corrected chi connectivity index (χ0v) is 8.53. The van der Waals surface area contributed by atoms with Gasteiger partial charge in [-0.05, 0) is 18.1 Å². The molecular formula is C11H14N2O. The van der Waals surface area contributed by atoms with E-state index in [-0.39, 0.29) is 0 Å². The molecule has 74 valence electrons. The molecule has 1 aliphatic heterocycles. The molecule has 0 radical (unpaired) electrons. The minimum atomic E-state index is 0.946. The van der Waals surface area contributed by atoms with Crippen LogP contribution in [0.2, 0.25) is 0 Å². The Morgan fingerprint density at radius 1 is 1.29 bits per heavy atom. The van der Waals surface area contributed by atoms with Crippen molar-refractivity contribution in [2.75, 3.05) is 19.1 Å². The van der Waals surface area contributed by atoms with Gasteiger partial charge in [0.05, 0.1) is 0 Å². The molecule has 14 heavy (non-hydrogen) atoms. The third-order valence-corrected chi connectivity index (χ3v) is 2.55. The molecule has 1 heterocycles. The van der Waals surface area contributed by atoms with Gasteiger partial charge in [-0.1, -0.05) is 23.4 Å². The van der Waals surface area contributed by atoms with Crippen LogP contribution in [0.1, 0.15) is 12.0 Å². The van der Waals surface area contributed by atoms with Gasteiger partial charge < -0.3 is 9.74 Å². The summed E-state index contributed by atoms with van der Waals surface area (Å²) in [5, 5.41) is 4.01. The highest BCUT2D eigenvalue weighted by atomic mass is 16.6. The van der Waals surface area contributed by atoms with Crippen molar-refractivity contribution in [2.45, 2.75) is 12.8 Å². The summed E-state index contributed by atoms with van der Waals surface area (Å²) in [4.78, 5) is 6.90. The summed E-state index contributed by atoms with van der Waals surface area (Å²) in [5.41, 5.74) is 2.61. The second-order valence-electron chi connectivity index (χ2n) is 3.38. The SMILES string of the molecule is CON=C1CCc2ccccc2N1C. The summed E-state index contributed by atoms with van der Waals surface area (Å²) in [6.07, 6.45) is 1.99. The van der Waals surface area contributed by atoms with Gasteiger partial charge in [-0.3, -0.25) is 0 Å². The van der Waals surface area contributed by atoms with E-state index in [1.54, 1.807) is 7.11 Å². The minimum absolute atomic E-state index is 0.946. The molecule has 0 amide bonds. The van der Waals surface area contributed by atoms with Gasteiger partial charge in [0.15, 0.2) is 0 Å². The molecule has 0 saturated heterocycles. The van der Waals surface area contributed by atoms with Gasteiger partial charge in [0.2, 0.25) is 0 Å². The lowest BCUT2D eigenvalue weighted by atomic mass is 10.0. The highest BCUT2D eigenvalue weighted by Crippen LogP contribution is 2.26. The van der Waals surface area contributed by atoms with Crippen LogP contribution in [0, 0.1) is 0 Å². The Labute approximate surface area is 84.0 Å². The highest BCUT2D eigenvalue weighted by molar-refractivity contribution is 5.99. The summed E-state index contributed by atoms with van der Waals surface area (Å²) in [6.45, 7) is 0. The first-order chi connectivity index (χ1) is 6.83. The van der Waals surface area contributed by atoms with Crippen molar-refractivity contribution >= 4 is 11.5 Å². The van der Waals surface area contributed by atoms with Crippen LogP contribution in [-0.4, -0.2) is 20.0 Å². The zero-order chi connectivity index (χ0) is 9.97. The number of rotatable bonds is 1. The van der Waals surface area contributed by atoms with Crippen LogP contribution in [0.25, 0.3) is 0 Å². The first-order valence-electron chi connectivity index (χ1n) is 4.74. The molecule has 0 aromatic heterocycles. The van der Waals surface area contributed by atoms with Crippen molar-refractivity contribution < 1.29 is 4.84 Å². The fourth-order valence-electron chi connectivity index (χ4n) is 1.81. The van der Waals surface area contributed by atoms with Gasteiger partial charge in [-0.2, -0.15) is 0 Å². The summed E-state index contributed by atoms with van der Waals surface area (Å²) in [7, 11) is 3.61. The molecule has 2 rings (SSSR count). The van der Waals surface area contributed by atoms with Crippen LogP contribution in [0.15, 0.2) is 29.4 Å². The molecule has 0 saturated carbocycles. The molecule has 0 fully saturated rings. The average Bonchev–Trinajstić information content (AvgIpc) is 2.23. The molecule has 0 atom stereocenters.